The second-order valence-electron chi connectivity index (χ2n) is 6.01. The van der Waals surface area contributed by atoms with Crippen molar-refractivity contribution < 1.29 is 9.18 Å². The fourth-order valence-corrected chi connectivity index (χ4v) is 4.45. The summed E-state index contributed by atoms with van der Waals surface area (Å²) >= 11 is 1.36. The van der Waals surface area contributed by atoms with E-state index in [9.17, 15) is 9.18 Å². The molecule has 4 rings (SSSR count). The zero-order chi connectivity index (χ0) is 17.0. The highest BCUT2D eigenvalue weighted by molar-refractivity contribution is 7.21. The maximum absolute atomic E-state index is 14.2. The molecule has 1 amide bonds. The minimum absolute atomic E-state index is 0.193. The van der Waals surface area contributed by atoms with Crippen molar-refractivity contribution in [3.8, 4) is 0 Å². The first-order valence-corrected chi connectivity index (χ1v) is 8.54. The van der Waals surface area contributed by atoms with Crippen molar-refractivity contribution in [3.63, 3.8) is 0 Å². The van der Waals surface area contributed by atoms with Crippen molar-refractivity contribution in [2.45, 2.75) is 26.9 Å². The van der Waals surface area contributed by atoms with Crippen molar-refractivity contribution in [2.75, 3.05) is 10.2 Å². The maximum Gasteiger partial charge on any atom is 0.272 e. The Morgan fingerprint density at radius 1 is 1.29 bits per heavy atom. The van der Waals surface area contributed by atoms with Gasteiger partial charge < -0.3 is 5.32 Å². The Kier molecular flexibility index (Phi) is 3.31. The van der Waals surface area contributed by atoms with Gasteiger partial charge in [-0.1, -0.05) is 12.1 Å². The fraction of sp³-hybridized carbons (Fsp3) is 0.222. The van der Waals surface area contributed by atoms with Crippen LogP contribution in [0.15, 0.2) is 30.3 Å². The Labute approximate surface area is 142 Å². The average molecular weight is 341 g/mol. The molecule has 0 radical (unpaired) electrons. The smallest absolute Gasteiger partial charge is 0.272 e. The Bertz CT molecular complexity index is 982. The molecule has 24 heavy (non-hydrogen) atoms. The Balaban J connectivity index is 1.91. The molecule has 3 aromatic rings. The Morgan fingerprint density at radius 2 is 2.04 bits per heavy atom. The Morgan fingerprint density at radius 3 is 2.79 bits per heavy atom. The van der Waals surface area contributed by atoms with Gasteiger partial charge in [-0.3, -0.25) is 9.69 Å². The molecular weight excluding hydrogens is 325 g/mol. The zero-order valence-electron chi connectivity index (χ0n) is 13.6. The first kappa shape index (κ1) is 15.1. The molecule has 1 aliphatic heterocycles. The summed E-state index contributed by atoms with van der Waals surface area (Å²) in [4.78, 5) is 20.5. The summed E-state index contributed by atoms with van der Waals surface area (Å²) in [5, 5.41) is 4.34. The molecule has 0 saturated heterocycles. The highest BCUT2D eigenvalue weighted by Gasteiger charge is 2.35. The lowest BCUT2D eigenvalue weighted by atomic mass is 10.1. The SMILES string of the molecule is Cc1cc(C)c2c3c(sc2n1)C(=O)N(c1ccccc1F)[C@@H](C)N3. The van der Waals surface area contributed by atoms with Gasteiger partial charge in [0.2, 0.25) is 0 Å². The van der Waals surface area contributed by atoms with E-state index in [4.69, 9.17) is 0 Å². The molecule has 0 spiro atoms. The summed E-state index contributed by atoms with van der Waals surface area (Å²) in [6, 6.07) is 8.35. The molecule has 1 aromatic carbocycles. The van der Waals surface area contributed by atoms with E-state index >= 15 is 0 Å². The van der Waals surface area contributed by atoms with Crippen molar-refractivity contribution in [3.05, 3.63) is 52.3 Å². The van der Waals surface area contributed by atoms with E-state index in [0.29, 0.717) is 4.88 Å². The lowest BCUT2D eigenvalue weighted by molar-refractivity contribution is 0.0980. The number of hydrogen-bond acceptors (Lipinski definition) is 4. The van der Waals surface area contributed by atoms with Crippen LogP contribution < -0.4 is 10.2 Å². The summed E-state index contributed by atoms with van der Waals surface area (Å²) in [6.07, 6.45) is -0.347. The van der Waals surface area contributed by atoms with E-state index in [2.05, 4.69) is 10.3 Å². The lowest BCUT2D eigenvalue weighted by Crippen LogP contribution is -2.47. The minimum Gasteiger partial charge on any atom is -0.363 e. The number of pyridine rings is 1. The molecule has 1 aliphatic rings. The lowest BCUT2D eigenvalue weighted by Gasteiger charge is -2.34. The van der Waals surface area contributed by atoms with Gasteiger partial charge in [0.05, 0.1) is 11.4 Å². The van der Waals surface area contributed by atoms with Crippen LogP contribution in [0.2, 0.25) is 0 Å². The van der Waals surface area contributed by atoms with E-state index in [-0.39, 0.29) is 17.8 Å². The number of fused-ring (bicyclic) bond motifs is 3. The predicted molar refractivity (Wildman–Crippen MR) is 95.4 cm³/mol. The molecule has 2 aromatic heterocycles. The van der Waals surface area contributed by atoms with Gasteiger partial charge in [0.1, 0.15) is 21.7 Å². The number of carbonyl (C=O) groups is 1. The van der Waals surface area contributed by atoms with Crippen LogP contribution in [0.3, 0.4) is 0 Å². The summed E-state index contributed by atoms with van der Waals surface area (Å²) in [5.74, 6) is -0.601. The van der Waals surface area contributed by atoms with Gasteiger partial charge in [0.15, 0.2) is 0 Å². The molecular formula is C18H16FN3OS. The number of thiophene rings is 1. The van der Waals surface area contributed by atoms with E-state index in [1.165, 1.54) is 22.3 Å². The third-order valence-electron chi connectivity index (χ3n) is 4.25. The van der Waals surface area contributed by atoms with Crippen LogP contribution in [0.25, 0.3) is 10.2 Å². The molecule has 0 aliphatic carbocycles. The number of carbonyl (C=O) groups excluding carboxylic acids is 1. The van der Waals surface area contributed by atoms with E-state index in [1.807, 2.05) is 26.8 Å². The topological polar surface area (TPSA) is 45.2 Å². The highest BCUT2D eigenvalue weighted by atomic mass is 32.1. The van der Waals surface area contributed by atoms with Crippen LogP contribution >= 0.6 is 11.3 Å². The molecule has 3 heterocycles. The first-order valence-electron chi connectivity index (χ1n) is 7.72. The van der Waals surface area contributed by atoms with Gasteiger partial charge in [-0.05, 0) is 44.5 Å². The molecule has 0 saturated carbocycles. The highest BCUT2D eigenvalue weighted by Crippen LogP contribution is 2.42. The van der Waals surface area contributed by atoms with Crippen molar-refractivity contribution in [1.29, 1.82) is 0 Å². The fourth-order valence-electron chi connectivity index (χ4n) is 3.25. The number of amides is 1. The van der Waals surface area contributed by atoms with E-state index in [0.717, 1.165) is 27.2 Å². The number of aromatic nitrogens is 1. The monoisotopic (exact) mass is 341 g/mol. The van der Waals surface area contributed by atoms with Crippen molar-refractivity contribution in [1.82, 2.24) is 4.98 Å². The number of benzene rings is 1. The average Bonchev–Trinajstić information content (AvgIpc) is 2.87. The predicted octanol–water partition coefficient (Wildman–Crippen LogP) is 4.47. The molecule has 0 fully saturated rings. The summed E-state index contributed by atoms with van der Waals surface area (Å²) < 4.78 is 14.2. The molecule has 1 atom stereocenters. The Hall–Kier alpha value is -2.47. The summed E-state index contributed by atoms with van der Waals surface area (Å²) in [6.45, 7) is 5.81. The van der Waals surface area contributed by atoms with E-state index < -0.39 is 5.82 Å². The van der Waals surface area contributed by atoms with Crippen molar-refractivity contribution >= 4 is 38.8 Å². The summed E-state index contributed by atoms with van der Waals surface area (Å²) in [7, 11) is 0. The number of nitrogens with zero attached hydrogens (tertiary/aromatic N) is 2. The maximum atomic E-state index is 14.2. The summed E-state index contributed by atoms with van der Waals surface area (Å²) in [5.41, 5.74) is 3.10. The van der Waals surface area contributed by atoms with Crippen LogP contribution in [-0.4, -0.2) is 17.1 Å². The van der Waals surface area contributed by atoms with Gasteiger partial charge in [-0.25, -0.2) is 9.37 Å². The second-order valence-corrected chi connectivity index (χ2v) is 7.01. The standard InChI is InChI=1S/C18H16FN3OS/c1-9-8-10(2)20-17-14(9)15-16(24-17)18(23)22(11(3)21-15)13-7-5-4-6-12(13)19/h4-8,11,21H,1-3H3/t11-/m0/s1. The number of nitrogens with one attached hydrogen (secondary N) is 1. The number of halogens is 1. The van der Waals surface area contributed by atoms with Gasteiger partial charge in [0, 0.05) is 11.1 Å². The van der Waals surface area contributed by atoms with Gasteiger partial charge >= 0.3 is 0 Å². The number of para-hydroxylation sites is 1. The van der Waals surface area contributed by atoms with Crippen LogP contribution in [0.1, 0.15) is 27.9 Å². The van der Waals surface area contributed by atoms with Crippen LogP contribution in [0.4, 0.5) is 15.8 Å². The van der Waals surface area contributed by atoms with Crippen LogP contribution in [0.5, 0.6) is 0 Å². The van der Waals surface area contributed by atoms with Gasteiger partial charge in [-0.2, -0.15) is 0 Å². The van der Waals surface area contributed by atoms with E-state index in [1.54, 1.807) is 18.2 Å². The second kappa shape index (κ2) is 5.27. The molecule has 0 bridgehead atoms. The number of aryl methyl sites for hydroxylation is 2. The van der Waals surface area contributed by atoms with Gasteiger partial charge in [0.25, 0.3) is 5.91 Å². The zero-order valence-corrected chi connectivity index (χ0v) is 14.4. The normalized spacial score (nSPS) is 17.1. The molecule has 4 nitrogen and oxygen atoms in total. The largest absolute Gasteiger partial charge is 0.363 e. The van der Waals surface area contributed by atoms with Gasteiger partial charge in [-0.15, -0.1) is 11.3 Å². The third-order valence-corrected chi connectivity index (χ3v) is 5.32. The quantitative estimate of drug-likeness (QED) is 0.710. The number of hydrogen-bond donors (Lipinski definition) is 1. The number of rotatable bonds is 1. The van der Waals surface area contributed by atoms with Crippen LogP contribution in [0, 0.1) is 19.7 Å². The first-order chi connectivity index (χ1) is 11.5. The number of anilines is 2. The molecule has 0 unspecified atom stereocenters. The van der Waals surface area contributed by atoms with Crippen molar-refractivity contribution in [2.24, 2.45) is 0 Å². The molecule has 122 valence electrons. The minimum atomic E-state index is -0.408. The molecule has 6 heteroatoms. The molecule has 1 N–H and O–H groups in total. The third kappa shape index (κ3) is 2.10. The van der Waals surface area contributed by atoms with Crippen LogP contribution in [-0.2, 0) is 0 Å².